The first-order valence-electron chi connectivity index (χ1n) is 18.2. The number of carbonyl (C=O) groups excluding carboxylic acids is 2. The minimum absolute atomic E-state index is 0.171. The van der Waals surface area contributed by atoms with Crippen molar-refractivity contribution in [3.8, 4) is 45.4 Å². The van der Waals surface area contributed by atoms with Gasteiger partial charge in [-0.3, -0.25) is 19.4 Å². The Morgan fingerprint density at radius 2 is 1.33 bits per heavy atom. The van der Waals surface area contributed by atoms with E-state index < -0.39 is 0 Å². The molecule has 2 aromatic heterocycles. The number of likely N-dealkylation sites (tertiary alicyclic amines) is 3. The van der Waals surface area contributed by atoms with Crippen LogP contribution in [0.3, 0.4) is 0 Å². The van der Waals surface area contributed by atoms with Gasteiger partial charge in [-0.2, -0.15) is 0 Å². The van der Waals surface area contributed by atoms with Crippen molar-refractivity contribution in [3.63, 3.8) is 0 Å². The molecule has 1 aliphatic carbocycles. The van der Waals surface area contributed by atoms with Crippen LogP contribution < -0.4 is 9.47 Å². The van der Waals surface area contributed by atoms with E-state index in [1.54, 1.807) is 14.2 Å². The van der Waals surface area contributed by atoms with Crippen LogP contribution in [0, 0.1) is 5.41 Å². The maximum Gasteiger partial charge on any atom is 0.222 e. The van der Waals surface area contributed by atoms with Crippen molar-refractivity contribution in [2.45, 2.75) is 57.7 Å². The van der Waals surface area contributed by atoms with E-state index in [-0.39, 0.29) is 17.4 Å². The molecule has 8 rings (SSSR count). The molecule has 3 aliphatic heterocycles. The van der Waals surface area contributed by atoms with Gasteiger partial charge in [-0.05, 0) is 31.4 Å². The third-order valence-electron chi connectivity index (χ3n) is 11.3. The van der Waals surface area contributed by atoms with Crippen molar-refractivity contribution in [2.75, 3.05) is 46.9 Å². The summed E-state index contributed by atoms with van der Waals surface area (Å²) in [4.78, 5) is 40.8. The highest BCUT2D eigenvalue weighted by molar-refractivity contribution is 6.39. The molecule has 3 saturated heterocycles. The zero-order valence-electron chi connectivity index (χ0n) is 29.7. The summed E-state index contributed by atoms with van der Waals surface area (Å²) < 4.78 is 11.5. The molecule has 4 aromatic rings. The van der Waals surface area contributed by atoms with Gasteiger partial charge in [-0.1, -0.05) is 71.7 Å². The Hall–Kier alpha value is -4.02. The molecule has 4 fully saturated rings. The number of aromatic nitrogens is 2. The van der Waals surface area contributed by atoms with Crippen LogP contribution in [0.25, 0.3) is 33.6 Å². The molecule has 4 aliphatic rings. The second kappa shape index (κ2) is 14.4. The number of pyridine rings is 2. The lowest BCUT2D eigenvalue weighted by Crippen LogP contribution is -2.54. The maximum atomic E-state index is 12.3. The molecule has 270 valence electrons. The molecular weight excluding hydrogens is 697 g/mol. The van der Waals surface area contributed by atoms with E-state index in [2.05, 4.69) is 26.8 Å². The van der Waals surface area contributed by atoms with Crippen LogP contribution in [-0.2, 0) is 22.7 Å². The molecular formula is C41H43Cl2N5O4. The number of hydrogen-bond acceptors (Lipinski definition) is 8. The third-order valence-corrected chi connectivity index (χ3v) is 12.1. The SMILES string of the molecule is COc1nc(-c2cccc(-c3cccc(-c4ccc(CN5CC6(CCC(=O)C6)C5)c(OC)n4)c3Cl)c2Cl)ccc1CN1CCC(N2CCCC2=O)C1. The summed E-state index contributed by atoms with van der Waals surface area (Å²) in [6, 6.07) is 20.1. The Balaban J connectivity index is 1.00. The van der Waals surface area contributed by atoms with Crippen LogP contribution in [0.4, 0.5) is 0 Å². The fourth-order valence-electron chi connectivity index (χ4n) is 8.74. The molecule has 2 aromatic carbocycles. The fraction of sp³-hybridized carbons (Fsp3) is 0.415. The summed E-state index contributed by atoms with van der Waals surface area (Å²) in [5.74, 6) is 1.80. The lowest BCUT2D eigenvalue weighted by atomic mass is 9.78. The molecule has 11 heteroatoms. The smallest absolute Gasteiger partial charge is 0.222 e. The highest BCUT2D eigenvalue weighted by Gasteiger charge is 2.47. The van der Waals surface area contributed by atoms with Crippen LogP contribution in [0.5, 0.6) is 11.8 Å². The Morgan fingerprint density at radius 3 is 1.85 bits per heavy atom. The summed E-state index contributed by atoms with van der Waals surface area (Å²) >= 11 is 14.3. The van der Waals surface area contributed by atoms with Crippen molar-refractivity contribution < 1.29 is 19.1 Å². The van der Waals surface area contributed by atoms with Gasteiger partial charge < -0.3 is 14.4 Å². The monoisotopic (exact) mass is 739 g/mol. The molecule has 9 nitrogen and oxygen atoms in total. The van der Waals surface area contributed by atoms with Gasteiger partial charge in [0.1, 0.15) is 5.78 Å². The average Bonchev–Trinajstić information content (AvgIpc) is 3.89. The lowest BCUT2D eigenvalue weighted by molar-refractivity contribution is -0.129. The van der Waals surface area contributed by atoms with Crippen molar-refractivity contribution in [1.29, 1.82) is 0 Å². The number of Topliss-reactive ketones (excluding diaryl/α,β-unsaturated/α-hetero) is 1. The first-order chi connectivity index (χ1) is 25.2. The predicted molar refractivity (Wildman–Crippen MR) is 203 cm³/mol. The van der Waals surface area contributed by atoms with E-state index >= 15 is 0 Å². The second-order valence-electron chi connectivity index (χ2n) is 14.8. The number of ketones is 1. The number of nitrogens with zero attached hydrogens (tertiary/aromatic N) is 5. The highest BCUT2D eigenvalue weighted by atomic mass is 35.5. The maximum absolute atomic E-state index is 12.3. The summed E-state index contributed by atoms with van der Waals surface area (Å²) in [5, 5.41) is 1.08. The van der Waals surface area contributed by atoms with E-state index in [0.29, 0.717) is 64.8 Å². The Morgan fingerprint density at radius 1 is 0.750 bits per heavy atom. The molecule has 0 radical (unpaired) electrons. The predicted octanol–water partition coefficient (Wildman–Crippen LogP) is 7.55. The topological polar surface area (TPSA) is 88.1 Å². The minimum Gasteiger partial charge on any atom is -0.481 e. The molecule has 52 heavy (non-hydrogen) atoms. The number of halogens is 2. The second-order valence-corrected chi connectivity index (χ2v) is 15.5. The molecule has 1 unspecified atom stereocenters. The largest absolute Gasteiger partial charge is 0.481 e. The van der Waals surface area contributed by atoms with Crippen LogP contribution in [-0.4, -0.2) is 89.3 Å². The standard InChI is InChI=1S/C41H43Cl2N5O4/c1-51-39-26(21-46-19-16-28(23-46)48-18-5-10-36(48)50)11-13-34(44-39)32-8-3-6-30(37(32)42)31-7-4-9-33(38(31)43)35-14-12-27(40(45-35)52-2)22-47-24-41(25-47)17-15-29(49)20-41/h3-4,6-9,11-14,28H,5,10,15-25H2,1-2H3. The minimum atomic E-state index is 0.171. The van der Waals surface area contributed by atoms with E-state index in [9.17, 15) is 9.59 Å². The Labute approximate surface area is 314 Å². The molecule has 1 atom stereocenters. The van der Waals surface area contributed by atoms with E-state index in [4.69, 9.17) is 42.6 Å². The van der Waals surface area contributed by atoms with Crippen LogP contribution in [0.15, 0.2) is 60.7 Å². The first kappa shape index (κ1) is 35.0. The van der Waals surface area contributed by atoms with Gasteiger partial charge in [0, 0.05) is 110 Å². The van der Waals surface area contributed by atoms with Gasteiger partial charge in [0.25, 0.3) is 0 Å². The van der Waals surface area contributed by atoms with Crippen molar-refractivity contribution in [1.82, 2.24) is 24.7 Å². The van der Waals surface area contributed by atoms with Crippen LogP contribution >= 0.6 is 23.2 Å². The third kappa shape index (κ3) is 6.68. The highest BCUT2D eigenvalue weighted by Crippen LogP contribution is 2.46. The Kier molecular flexibility index (Phi) is 9.72. The Bertz CT molecular complexity index is 2030. The van der Waals surface area contributed by atoms with E-state index in [1.807, 2.05) is 48.5 Å². The van der Waals surface area contributed by atoms with Gasteiger partial charge in [-0.25, -0.2) is 9.97 Å². The van der Waals surface area contributed by atoms with Crippen molar-refractivity contribution in [3.05, 3.63) is 81.8 Å². The summed E-state index contributed by atoms with van der Waals surface area (Å²) in [6.45, 7) is 5.96. The number of benzene rings is 2. The van der Waals surface area contributed by atoms with Gasteiger partial charge in [0.15, 0.2) is 0 Å². The lowest BCUT2D eigenvalue weighted by Gasteiger charge is -2.48. The van der Waals surface area contributed by atoms with Gasteiger partial charge in [-0.15, -0.1) is 0 Å². The number of methoxy groups -OCH3 is 2. The molecule has 0 bridgehead atoms. The van der Waals surface area contributed by atoms with Crippen molar-refractivity contribution in [2.24, 2.45) is 5.41 Å². The molecule has 1 spiro atoms. The van der Waals surface area contributed by atoms with Gasteiger partial charge in [0.05, 0.1) is 35.7 Å². The normalized spacial score (nSPS) is 20.2. The number of carbonyl (C=O) groups is 2. The van der Waals surface area contributed by atoms with Crippen molar-refractivity contribution >= 4 is 34.9 Å². The number of rotatable bonds is 10. The zero-order valence-corrected chi connectivity index (χ0v) is 31.2. The number of amides is 1. The molecule has 1 amide bonds. The average molecular weight is 741 g/mol. The summed E-state index contributed by atoms with van der Waals surface area (Å²) in [5.41, 5.74) is 6.72. The van der Waals surface area contributed by atoms with Crippen LogP contribution in [0.2, 0.25) is 10.0 Å². The molecule has 1 saturated carbocycles. The molecule has 5 heterocycles. The number of ether oxygens (including phenoxy) is 2. The molecule has 0 N–H and O–H groups in total. The zero-order chi connectivity index (χ0) is 36.0. The fourth-order valence-corrected chi connectivity index (χ4v) is 9.39. The summed E-state index contributed by atoms with van der Waals surface area (Å²) in [7, 11) is 3.28. The summed E-state index contributed by atoms with van der Waals surface area (Å²) in [6.07, 6.45) is 5.04. The number of hydrogen-bond donors (Lipinski definition) is 0. The van der Waals surface area contributed by atoms with Crippen LogP contribution in [0.1, 0.15) is 49.7 Å². The quantitative estimate of drug-likeness (QED) is 0.165. The first-order valence-corrected chi connectivity index (χ1v) is 18.9. The van der Waals surface area contributed by atoms with Gasteiger partial charge >= 0.3 is 0 Å². The van der Waals surface area contributed by atoms with Gasteiger partial charge in [0.2, 0.25) is 17.7 Å². The van der Waals surface area contributed by atoms with E-state index in [0.717, 1.165) is 91.9 Å². The van der Waals surface area contributed by atoms with E-state index in [1.165, 1.54) is 0 Å².